The summed E-state index contributed by atoms with van der Waals surface area (Å²) in [5.41, 5.74) is 7.53. The first-order valence-corrected chi connectivity index (χ1v) is 9.26. The first kappa shape index (κ1) is 17.6. The van der Waals surface area contributed by atoms with Crippen molar-refractivity contribution in [3.8, 4) is 11.5 Å². The summed E-state index contributed by atoms with van der Waals surface area (Å²) in [6, 6.07) is 13.6. The zero-order valence-electron chi connectivity index (χ0n) is 13.8. The van der Waals surface area contributed by atoms with Gasteiger partial charge in [0.15, 0.2) is 0 Å². The van der Waals surface area contributed by atoms with Gasteiger partial charge in [-0.3, -0.25) is 9.59 Å². The van der Waals surface area contributed by atoms with Gasteiger partial charge in [-0.15, -0.1) is 10.2 Å². The zero-order chi connectivity index (χ0) is 19.0. The van der Waals surface area contributed by atoms with Crippen LogP contribution in [0.3, 0.4) is 0 Å². The summed E-state index contributed by atoms with van der Waals surface area (Å²) in [5.74, 6) is -0.347. The van der Waals surface area contributed by atoms with Crippen molar-refractivity contribution in [1.82, 2.24) is 10.2 Å². The summed E-state index contributed by atoms with van der Waals surface area (Å²) in [6.45, 7) is 0. The number of rotatable bonds is 4. The molecule has 1 aliphatic heterocycles. The van der Waals surface area contributed by atoms with Gasteiger partial charge < -0.3 is 10.2 Å². The predicted octanol–water partition coefficient (Wildman–Crippen LogP) is 3.40. The second kappa shape index (κ2) is 7.05. The van der Waals surface area contributed by atoms with E-state index >= 15 is 0 Å². The molecule has 2 N–H and O–H groups in total. The molecular formula is C18H13ClN4O3S. The van der Waals surface area contributed by atoms with Crippen LogP contribution < -0.4 is 10.6 Å². The highest BCUT2D eigenvalue weighted by Crippen LogP contribution is 2.35. The third-order valence-corrected chi connectivity index (χ3v) is 5.30. The number of aromatic nitrogens is 2. The normalized spacial score (nSPS) is 16.9. The Morgan fingerprint density at radius 3 is 2.59 bits per heavy atom. The molecule has 9 heteroatoms. The fourth-order valence-electron chi connectivity index (χ4n) is 2.74. The fourth-order valence-corrected chi connectivity index (χ4v) is 3.75. The Hall–Kier alpha value is -2.84. The van der Waals surface area contributed by atoms with Crippen LogP contribution in [0, 0.1) is 0 Å². The number of benzene rings is 2. The van der Waals surface area contributed by atoms with E-state index in [0.29, 0.717) is 22.0 Å². The highest BCUT2D eigenvalue weighted by Gasteiger charge is 2.41. The fraction of sp³-hybridized carbons (Fsp3) is 0.111. The van der Waals surface area contributed by atoms with Crippen molar-refractivity contribution in [2.45, 2.75) is 16.9 Å². The molecule has 0 radical (unpaired) electrons. The van der Waals surface area contributed by atoms with Gasteiger partial charge in [0.2, 0.25) is 11.8 Å². The van der Waals surface area contributed by atoms with Crippen molar-refractivity contribution in [1.29, 1.82) is 0 Å². The molecule has 3 aromatic rings. The molecule has 1 aliphatic rings. The molecule has 27 heavy (non-hydrogen) atoms. The number of imide groups is 1. The number of carbonyl (C=O) groups excluding carboxylic acids is 2. The molecule has 1 aromatic heterocycles. The topological polar surface area (TPSA) is 102 Å². The minimum absolute atomic E-state index is 0.0529. The number of nitrogens with zero attached hydrogens (tertiary/aromatic N) is 3. The molecule has 0 bridgehead atoms. The maximum atomic E-state index is 12.7. The number of thioether (sulfide) groups is 1. The lowest BCUT2D eigenvalue weighted by molar-refractivity contribution is -0.121. The number of nitrogens with two attached hydrogens (primary N) is 1. The Bertz CT molecular complexity index is 1020. The smallest absolute Gasteiger partial charge is 0.277 e. The van der Waals surface area contributed by atoms with Gasteiger partial charge in [0, 0.05) is 17.1 Å². The van der Waals surface area contributed by atoms with Crippen LogP contribution in [0.25, 0.3) is 11.5 Å². The van der Waals surface area contributed by atoms with Crippen molar-refractivity contribution in [2.24, 2.45) is 0 Å². The van der Waals surface area contributed by atoms with Crippen LogP contribution in [0.15, 0.2) is 58.2 Å². The van der Waals surface area contributed by atoms with E-state index in [0.717, 1.165) is 16.7 Å². The van der Waals surface area contributed by atoms with Crippen LogP contribution in [-0.4, -0.2) is 27.3 Å². The van der Waals surface area contributed by atoms with Crippen molar-refractivity contribution in [2.75, 3.05) is 10.6 Å². The van der Waals surface area contributed by atoms with Gasteiger partial charge in [-0.2, -0.15) is 0 Å². The minimum atomic E-state index is -0.630. The van der Waals surface area contributed by atoms with Crippen molar-refractivity contribution in [3.05, 3.63) is 53.6 Å². The SMILES string of the molecule is Nc1ccccc1-c1nnc(SC2CC(=O)N(c3ccc(Cl)cc3)C2=O)o1. The van der Waals surface area contributed by atoms with E-state index in [1.807, 2.05) is 6.07 Å². The molecular weight excluding hydrogens is 388 g/mol. The summed E-state index contributed by atoms with van der Waals surface area (Å²) >= 11 is 6.93. The Labute approximate surface area is 163 Å². The second-order valence-corrected chi connectivity index (χ2v) is 7.41. The van der Waals surface area contributed by atoms with Crippen LogP contribution in [0.1, 0.15) is 6.42 Å². The number of amides is 2. The number of nitrogen functional groups attached to an aromatic ring is 1. The number of halogens is 1. The van der Waals surface area contributed by atoms with E-state index in [1.54, 1.807) is 42.5 Å². The van der Waals surface area contributed by atoms with E-state index in [4.69, 9.17) is 21.8 Å². The minimum Gasteiger partial charge on any atom is -0.411 e. The number of hydrogen-bond acceptors (Lipinski definition) is 7. The van der Waals surface area contributed by atoms with Gasteiger partial charge in [0.1, 0.15) is 5.25 Å². The van der Waals surface area contributed by atoms with Gasteiger partial charge in [0.05, 0.1) is 11.3 Å². The first-order chi connectivity index (χ1) is 13.0. The molecule has 4 rings (SSSR count). The summed E-state index contributed by atoms with van der Waals surface area (Å²) < 4.78 is 5.61. The molecule has 7 nitrogen and oxygen atoms in total. The average Bonchev–Trinajstić information content (AvgIpc) is 3.22. The first-order valence-electron chi connectivity index (χ1n) is 8.00. The molecule has 2 amide bonds. The van der Waals surface area contributed by atoms with Gasteiger partial charge in [-0.05, 0) is 36.4 Å². The van der Waals surface area contributed by atoms with Crippen molar-refractivity contribution in [3.63, 3.8) is 0 Å². The number of carbonyl (C=O) groups is 2. The maximum Gasteiger partial charge on any atom is 0.277 e. The van der Waals surface area contributed by atoms with Crippen molar-refractivity contribution >= 4 is 46.6 Å². The van der Waals surface area contributed by atoms with E-state index in [-0.39, 0.29) is 29.3 Å². The van der Waals surface area contributed by atoms with E-state index in [2.05, 4.69) is 10.2 Å². The van der Waals surface area contributed by atoms with Crippen LogP contribution >= 0.6 is 23.4 Å². The summed E-state index contributed by atoms with van der Waals surface area (Å²) in [7, 11) is 0. The third-order valence-electron chi connectivity index (χ3n) is 4.03. The molecule has 2 heterocycles. The monoisotopic (exact) mass is 400 g/mol. The molecule has 0 saturated carbocycles. The largest absolute Gasteiger partial charge is 0.411 e. The molecule has 1 unspecified atom stereocenters. The second-order valence-electron chi connectivity index (χ2n) is 5.81. The molecule has 0 spiro atoms. The van der Waals surface area contributed by atoms with Crippen molar-refractivity contribution < 1.29 is 14.0 Å². The Balaban J connectivity index is 1.52. The third kappa shape index (κ3) is 3.41. The summed E-state index contributed by atoms with van der Waals surface area (Å²) in [5, 5.41) is 8.04. The number of para-hydroxylation sites is 1. The molecule has 1 atom stereocenters. The maximum absolute atomic E-state index is 12.7. The summed E-state index contributed by atoms with van der Waals surface area (Å²) in [4.78, 5) is 26.1. The Kier molecular flexibility index (Phi) is 4.59. The Morgan fingerprint density at radius 1 is 1.11 bits per heavy atom. The lowest BCUT2D eigenvalue weighted by atomic mass is 10.2. The summed E-state index contributed by atoms with van der Waals surface area (Å²) in [6.07, 6.45) is 0.0529. The quantitative estimate of drug-likeness (QED) is 0.528. The standard InChI is InChI=1S/C18H13ClN4O3S/c19-10-5-7-11(8-6-10)23-15(24)9-14(17(23)25)27-18-22-21-16(26-18)12-3-1-2-4-13(12)20/h1-8,14H,9,20H2. The van der Waals surface area contributed by atoms with Gasteiger partial charge in [-0.25, -0.2) is 4.90 Å². The molecule has 1 fully saturated rings. The predicted molar refractivity (Wildman–Crippen MR) is 102 cm³/mol. The van der Waals surface area contributed by atoms with Crippen LogP contribution in [0.2, 0.25) is 5.02 Å². The molecule has 2 aromatic carbocycles. The lowest BCUT2D eigenvalue weighted by Crippen LogP contribution is -2.31. The highest BCUT2D eigenvalue weighted by atomic mass is 35.5. The molecule has 136 valence electrons. The number of anilines is 2. The van der Waals surface area contributed by atoms with Gasteiger partial charge >= 0.3 is 0 Å². The van der Waals surface area contributed by atoms with Gasteiger partial charge in [-0.1, -0.05) is 35.5 Å². The highest BCUT2D eigenvalue weighted by molar-refractivity contribution is 8.00. The molecule has 0 aliphatic carbocycles. The Morgan fingerprint density at radius 2 is 1.85 bits per heavy atom. The van der Waals surface area contributed by atoms with Gasteiger partial charge in [0.25, 0.3) is 11.1 Å². The van der Waals surface area contributed by atoms with Crippen LogP contribution in [0.4, 0.5) is 11.4 Å². The van der Waals surface area contributed by atoms with Crippen LogP contribution in [-0.2, 0) is 9.59 Å². The van der Waals surface area contributed by atoms with E-state index in [1.165, 1.54) is 0 Å². The van der Waals surface area contributed by atoms with E-state index < -0.39 is 5.25 Å². The average molecular weight is 401 g/mol. The number of hydrogen-bond donors (Lipinski definition) is 1. The molecule has 1 saturated heterocycles. The lowest BCUT2D eigenvalue weighted by Gasteiger charge is -2.14. The zero-order valence-corrected chi connectivity index (χ0v) is 15.4. The van der Waals surface area contributed by atoms with E-state index in [9.17, 15) is 9.59 Å². The van der Waals surface area contributed by atoms with Crippen LogP contribution in [0.5, 0.6) is 0 Å².